The monoisotopic (exact) mass is 338 g/mol. The molecule has 0 N–H and O–H groups in total. The molecule has 1 aromatic rings. The molecule has 134 valence electrons. The van der Waals surface area contributed by atoms with Gasteiger partial charge in [0.2, 0.25) is 5.91 Å². The summed E-state index contributed by atoms with van der Waals surface area (Å²) >= 11 is 0. The van der Waals surface area contributed by atoms with E-state index in [1.807, 2.05) is 36.2 Å². The number of esters is 1. The lowest BCUT2D eigenvalue weighted by molar-refractivity contribution is -0.148. The number of para-hydroxylation sites is 2. The molecule has 24 heavy (non-hydrogen) atoms. The Kier molecular flexibility index (Phi) is 8.64. The number of carbonyl (C=O) groups excluding carboxylic acids is 2. The van der Waals surface area contributed by atoms with Gasteiger partial charge in [0.1, 0.15) is 13.2 Å². The molecule has 0 bridgehead atoms. The number of hydrogen-bond donors (Lipinski definition) is 0. The Labute approximate surface area is 143 Å². The van der Waals surface area contributed by atoms with Gasteiger partial charge >= 0.3 is 5.97 Å². The normalized spacial score (nSPS) is 10.4. The number of hydrogen-bond acceptors (Lipinski definition) is 6. The Hall–Kier alpha value is -2.28. The summed E-state index contributed by atoms with van der Waals surface area (Å²) in [5.41, 5.74) is 0. The van der Waals surface area contributed by atoms with E-state index in [9.17, 15) is 9.59 Å². The van der Waals surface area contributed by atoms with Crippen molar-refractivity contribution in [1.82, 2.24) is 9.80 Å². The summed E-state index contributed by atoms with van der Waals surface area (Å²) < 4.78 is 15.7. The fraction of sp³-hybridized carbons (Fsp3) is 0.529. The third-order valence-corrected chi connectivity index (χ3v) is 3.30. The Bertz CT molecular complexity index is 535. The van der Waals surface area contributed by atoms with Gasteiger partial charge in [-0.3, -0.25) is 14.5 Å². The van der Waals surface area contributed by atoms with Crippen LogP contribution in [0.3, 0.4) is 0 Å². The SMILES string of the molecule is CCOC(=O)CN(C)C(=O)CN(C)CCOc1ccccc1OC. The number of amides is 1. The quantitative estimate of drug-likeness (QED) is 0.594. The van der Waals surface area contributed by atoms with Crippen LogP contribution in [0.4, 0.5) is 0 Å². The van der Waals surface area contributed by atoms with E-state index < -0.39 is 5.97 Å². The minimum atomic E-state index is -0.407. The molecule has 0 aliphatic rings. The number of benzene rings is 1. The minimum Gasteiger partial charge on any atom is -0.493 e. The van der Waals surface area contributed by atoms with Crippen molar-refractivity contribution in [1.29, 1.82) is 0 Å². The number of nitrogens with zero attached hydrogens (tertiary/aromatic N) is 2. The number of ether oxygens (including phenoxy) is 3. The average Bonchev–Trinajstić information content (AvgIpc) is 2.55. The molecule has 1 amide bonds. The molecule has 0 unspecified atom stereocenters. The van der Waals surface area contributed by atoms with E-state index in [1.165, 1.54) is 4.90 Å². The molecule has 1 aromatic carbocycles. The largest absolute Gasteiger partial charge is 0.493 e. The second kappa shape index (κ2) is 10.5. The van der Waals surface area contributed by atoms with Crippen LogP contribution in [0.5, 0.6) is 11.5 Å². The summed E-state index contributed by atoms with van der Waals surface area (Å²) in [6, 6.07) is 7.40. The first-order valence-corrected chi connectivity index (χ1v) is 7.81. The topological polar surface area (TPSA) is 68.3 Å². The van der Waals surface area contributed by atoms with Crippen LogP contribution in [0.1, 0.15) is 6.92 Å². The molecule has 7 heteroatoms. The van der Waals surface area contributed by atoms with Gasteiger partial charge in [-0.25, -0.2) is 0 Å². The molecular weight excluding hydrogens is 312 g/mol. The van der Waals surface area contributed by atoms with Gasteiger partial charge < -0.3 is 19.1 Å². The maximum Gasteiger partial charge on any atom is 0.325 e. The van der Waals surface area contributed by atoms with E-state index in [2.05, 4.69) is 0 Å². The second-order valence-corrected chi connectivity index (χ2v) is 5.29. The Balaban J connectivity index is 2.33. The van der Waals surface area contributed by atoms with Crippen LogP contribution >= 0.6 is 0 Å². The van der Waals surface area contributed by atoms with Crippen molar-refractivity contribution < 1.29 is 23.8 Å². The van der Waals surface area contributed by atoms with E-state index in [0.29, 0.717) is 31.3 Å². The number of carbonyl (C=O) groups is 2. The molecular formula is C17H26N2O5. The smallest absolute Gasteiger partial charge is 0.325 e. The molecule has 0 fully saturated rings. The lowest BCUT2D eigenvalue weighted by Gasteiger charge is -2.21. The van der Waals surface area contributed by atoms with Crippen molar-refractivity contribution in [2.24, 2.45) is 0 Å². The average molecular weight is 338 g/mol. The van der Waals surface area contributed by atoms with Crippen LogP contribution < -0.4 is 9.47 Å². The van der Waals surface area contributed by atoms with E-state index in [0.717, 1.165) is 0 Å². The van der Waals surface area contributed by atoms with Crippen molar-refractivity contribution in [3.8, 4) is 11.5 Å². The highest BCUT2D eigenvalue weighted by molar-refractivity contribution is 5.83. The van der Waals surface area contributed by atoms with Crippen LogP contribution in [0.2, 0.25) is 0 Å². The first-order valence-electron chi connectivity index (χ1n) is 7.81. The van der Waals surface area contributed by atoms with Gasteiger partial charge in [0.25, 0.3) is 0 Å². The third kappa shape index (κ3) is 6.87. The first-order chi connectivity index (χ1) is 11.5. The molecule has 0 saturated heterocycles. The van der Waals surface area contributed by atoms with Gasteiger partial charge in [0.05, 0.1) is 20.3 Å². The Morgan fingerprint density at radius 2 is 1.75 bits per heavy atom. The zero-order chi connectivity index (χ0) is 17.9. The molecule has 0 heterocycles. The van der Waals surface area contributed by atoms with Gasteiger partial charge in [0, 0.05) is 13.6 Å². The van der Waals surface area contributed by atoms with Gasteiger partial charge in [-0.1, -0.05) is 12.1 Å². The van der Waals surface area contributed by atoms with Crippen molar-refractivity contribution in [3.63, 3.8) is 0 Å². The molecule has 0 radical (unpaired) electrons. The van der Waals surface area contributed by atoms with Gasteiger partial charge in [-0.15, -0.1) is 0 Å². The molecule has 0 spiro atoms. The van der Waals surface area contributed by atoms with Crippen LogP contribution in [0.25, 0.3) is 0 Å². The third-order valence-electron chi connectivity index (χ3n) is 3.30. The maximum atomic E-state index is 12.0. The van der Waals surface area contributed by atoms with Gasteiger partial charge in [-0.05, 0) is 26.1 Å². The fourth-order valence-electron chi connectivity index (χ4n) is 1.97. The Morgan fingerprint density at radius 1 is 1.08 bits per heavy atom. The summed E-state index contributed by atoms with van der Waals surface area (Å²) in [4.78, 5) is 26.6. The van der Waals surface area contributed by atoms with Crippen LogP contribution in [-0.4, -0.2) is 75.7 Å². The van der Waals surface area contributed by atoms with E-state index >= 15 is 0 Å². The number of likely N-dealkylation sites (N-methyl/N-ethyl adjacent to an activating group) is 2. The second-order valence-electron chi connectivity index (χ2n) is 5.29. The van der Waals surface area contributed by atoms with Gasteiger partial charge in [0.15, 0.2) is 11.5 Å². The predicted octanol–water partition coefficient (Wildman–Crippen LogP) is 1.03. The summed E-state index contributed by atoms with van der Waals surface area (Å²) in [7, 11) is 4.99. The zero-order valence-corrected chi connectivity index (χ0v) is 14.8. The molecule has 0 aliphatic carbocycles. The first kappa shape index (κ1) is 19.8. The molecule has 0 aliphatic heterocycles. The van der Waals surface area contributed by atoms with E-state index in [1.54, 1.807) is 21.1 Å². The predicted molar refractivity (Wildman–Crippen MR) is 90.3 cm³/mol. The molecule has 7 nitrogen and oxygen atoms in total. The lowest BCUT2D eigenvalue weighted by Crippen LogP contribution is -2.40. The van der Waals surface area contributed by atoms with E-state index in [-0.39, 0.29) is 19.0 Å². The molecule has 0 aromatic heterocycles. The highest BCUT2D eigenvalue weighted by Gasteiger charge is 2.15. The van der Waals surface area contributed by atoms with Crippen LogP contribution in [0, 0.1) is 0 Å². The van der Waals surface area contributed by atoms with E-state index in [4.69, 9.17) is 14.2 Å². The molecule has 0 saturated carbocycles. The zero-order valence-electron chi connectivity index (χ0n) is 14.8. The fourth-order valence-corrected chi connectivity index (χ4v) is 1.97. The Morgan fingerprint density at radius 3 is 2.38 bits per heavy atom. The lowest BCUT2D eigenvalue weighted by atomic mass is 10.3. The number of rotatable bonds is 10. The molecule has 0 atom stereocenters. The van der Waals surface area contributed by atoms with Crippen molar-refractivity contribution >= 4 is 11.9 Å². The summed E-state index contributed by atoms with van der Waals surface area (Å²) in [5.74, 6) is 0.780. The highest BCUT2D eigenvalue weighted by Crippen LogP contribution is 2.25. The maximum absolute atomic E-state index is 12.0. The van der Waals surface area contributed by atoms with Crippen molar-refractivity contribution in [3.05, 3.63) is 24.3 Å². The summed E-state index contributed by atoms with van der Waals surface area (Å²) in [6.45, 7) is 3.18. The van der Waals surface area contributed by atoms with Crippen molar-refractivity contribution in [2.45, 2.75) is 6.92 Å². The minimum absolute atomic E-state index is 0.0434. The van der Waals surface area contributed by atoms with Crippen molar-refractivity contribution in [2.75, 3.05) is 54.1 Å². The van der Waals surface area contributed by atoms with Gasteiger partial charge in [-0.2, -0.15) is 0 Å². The molecule has 1 rings (SSSR count). The summed E-state index contributed by atoms with van der Waals surface area (Å²) in [5, 5.41) is 0. The number of methoxy groups -OCH3 is 1. The van der Waals surface area contributed by atoms with Crippen LogP contribution in [-0.2, 0) is 14.3 Å². The van der Waals surface area contributed by atoms with Crippen LogP contribution in [0.15, 0.2) is 24.3 Å². The summed E-state index contributed by atoms with van der Waals surface area (Å²) in [6.07, 6.45) is 0. The standard InChI is InChI=1S/C17H26N2O5/c1-5-23-17(21)13-19(3)16(20)12-18(2)10-11-24-15-9-7-6-8-14(15)22-4/h6-9H,5,10-13H2,1-4H3. The highest BCUT2D eigenvalue weighted by atomic mass is 16.5.